The maximum Gasteiger partial charge on any atom is 0.274 e. The van der Waals surface area contributed by atoms with Gasteiger partial charge < -0.3 is 15.2 Å². The van der Waals surface area contributed by atoms with Gasteiger partial charge in [0.2, 0.25) is 0 Å². The molecule has 1 aliphatic rings. The molecule has 0 aliphatic carbocycles. The van der Waals surface area contributed by atoms with Crippen molar-refractivity contribution in [1.82, 2.24) is 29.8 Å². The first-order chi connectivity index (χ1) is 15.9. The van der Waals surface area contributed by atoms with Gasteiger partial charge in [-0.05, 0) is 43.7 Å². The van der Waals surface area contributed by atoms with E-state index < -0.39 is 0 Å². The lowest BCUT2D eigenvalue weighted by molar-refractivity contribution is 0.0958. The Kier molecular flexibility index (Phi) is 5.33. The van der Waals surface area contributed by atoms with Gasteiger partial charge in [0, 0.05) is 45.3 Å². The number of aryl methyl sites for hydroxylation is 2. The van der Waals surface area contributed by atoms with E-state index in [1.165, 1.54) is 0 Å². The number of aromatic amines is 1. The summed E-state index contributed by atoms with van der Waals surface area (Å²) in [5.41, 5.74) is 6.58. The van der Waals surface area contributed by atoms with Gasteiger partial charge in [-0.1, -0.05) is 6.07 Å². The zero-order valence-corrected chi connectivity index (χ0v) is 19.1. The molecule has 2 N–H and O–H groups in total. The Labute approximate surface area is 191 Å². The lowest BCUT2D eigenvalue weighted by atomic mass is 10.1. The summed E-state index contributed by atoms with van der Waals surface area (Å²) in [5.74, 6) is -0.172. The quantitative estimate of drug-likeness (QED) is 0.498. The molecule has 0 atom stereocenters. The lowest BCUT2D eigenvalue weighted by Crippen LogP contribution is -2.46. The van der Waals surface area contributed by atoms with Gasteiger partial charge in [0.25, 0.3) is 11.5 Å². The number of carbonyl (C=O) groups is 1. The van der Waals surface area contributed by atoms with Gasteiger partial charge in [0.1, 0.15) is 11.2 Å². The number of fused-ring (bicyclic) bond motifs is 3. The van der Waals surface area contributed by atoms with Gasteiger partial charge in [-0.2, -0.15) is 5.10 Å². The summed E-state index contributed by atoms with van der Waals surface area (Å²) < 4.78 is 1.72. The molecule has 0 radical (unpaired) electrons. The molecule has 4 aromatic rings. The molecule has 9 nitrogen and oxygen atoms in total. The Hall–Kier alpha value is -3.72. The highest BCUT2D eigenvalue weighted by Crippen LogP contribution is 2.22. The molecule has 9 heteroatoms. The Morgan fingerprint density at radius 2 is 1.91 bits per heavy atom. The molecule has 1 aliphatic heterocycles. The monoisotopic (exact) mass is 445 g/mol. The smallest absolute Gasteiger partial charge is 0.274 e. The summed E-state index contributed by atoms with van der Waals surface area (Å²) in [5, 5.41) is 6.98. The Bertz CT molecular complexity index is 1410. The van der Waals surface area contributed by atoms with Crippen LogP contribution in [0.15, 0.2) is 41.3 Å². The molecule has 3 aromatic heterocycles. The molecule has 0 unspecified atom stereocenters. The second kappa shape index (κ2) is 8.32. The van der Waals surface area contributed by atoms with Crippen molar-refractivity contribution in [3.05, 3.63) is 69.4 Å². The fourth-order valence-electron chi connectivity index (χ4n) is 4.58. The first kappa shape index (κ1) is 21.1. The van der Waals surface area contributed by atoms with E-state index in [-0.39, 0.29) is 11.5 Å². The number of benzene rings is 1. The molecular formula is C24H27N7O2. The van der Waals surface area contributed by atoms with Crippen LogP contribution in [0.25, 0.3) is 16.6 Å². The van der Waals surface area contributed by atoms with Gasteiger partial charge in [-0.15, -0.1) is 0 Å². The van der Waals surface area contributed by atoms with Gasteiger partial charge in [0.05, 0.1) is 28.6 Å². The van der Waals surface area contributed by atoms with Crippen LogP contribution in [0.4, 0.5) is 5.69 Å². The number of hydrogen-bond donors (Lipinski definition) is 2. The number of pyridine rings is 1. The van der Waals surface area contributed by atoms with Crippen LogP contribution >= 0.6 is 0 Å². The van der Waals surface area contributed by atoms with Crippen molar-refractivity contribution < 1.29 is 4.79 Å². The largest absolute Gasteiger partial charge is 0.368 e. The van der Waals surface area contributed by atoms with E-state index in [1.54, 1.807) is 23.8 Å². The topological polar surface area (TPSA) is 98.6 Å². The zero-order valence-electron chi connectivity index (χ0n) is 19.1. The van der Waals surface area contributed by atoms with Crippen LogP contribution in [-0.2, 0) is 6.54 Å². The molecule has 0 saturated carbocycles. The molecule has 33 heavy (non-hydrogen) atoms. The minimum absolute atomic E-state index is 0.116. The second-order valence-electron chi connectivity index (χ2n) is 8.54. The molecular weight excluding hydrogens is 418 g/mol. The summed E-state index contributed by atoms with van der Waals surface area (Å²) in [6, 6.07) is 9.95. The van der Waals surface area contributed by atoms with Crippen LogP contribution < -0.4 is 15.8 Å². The minimum atomic E-state index is -0.172. The molecule has 0 spiro atoms. The van der Waals surface area contributed by atoms with Crippen molar-refractivity contribution in [2.45, 2.75) is 20.4 Å². The summed E-state index contributed by atoms with van der Waals surface area (Å²) >= 11 is 0. The van der Waals surface area contributed by atoms with Crippen molar-refractivity contribution >= 4 is 28.1 Å². The van der Waals surface area contributed by atoms with Gasteiger partial charge in [0.15, 0.2) is 0 Å². The van der Waals surface area contributed by atoms with Crippen LogP contribution in [-0.4, -0.2) is 63.6 Å². The van der Waals surface area contributed by atoms with Gasteiger partial charge in [-0.3, -0.25) is 14.5 Å². The predicted molar refractivity (Wildman–Crippen MR) is 128 cm³/mol. The van der Waals surface area contributed by atoms with E-state index in [0.717, 1.165) is 66.3 Å². The number of amides is 1. The molecule has 1 fully saturated rings. The molecule has 1 amide bonds. The average Bonchev–Trinajstić information content (AvgIpc) is 3.21. The SMILES string of the molecule is CNC(=O)c1ccc(N2CCN(Cc3ccc4c(c3)[nH]c(=O)c3c(C)cnn34)CC2)c(C)n1. The fraction of sp³-hybridized carbons (Fsp3) is 0.333. The molecule has 0 bridgehead atoms. The van der Waals surface area contributed by atoms with E-state index in [1.807, 2.05) is 32.0 Å². The summed E-state index contributed by atoms with van der Waals surface area (Å²) in [6.07, 6.45) is 1.72. The van der Waals surface area contributed by atoms with Crippen molar-refractivity contribution in [2.75, 3.05) is 38.1 Å². The highest BCUT2D eigenvalue weighted by atomic mass is 16.1. The first-order valence-corrected chi connectivity index (χ1v) is 11.1. The van der Waals surface area contributed by atoms with E-state index >= 15 is 0 Å². The standard InChI is InChI=1S/C24H27N7O2/c1-15-13-26-31-21-6-4-17(12-19(21)28-24(33)22(15)31)14-29-8-10-30(11-9-29)20-7-5-18(23(32)25-3)27-16(20)2/h4-7,12-13H,8-11,14H2,1-3H3,(H,25,32)(H,28,33). The lowest BCUT2D eigenvalue weighted by Gasteiger charge is -2.36. The van der Waals surface area contributed by atoms with Crippen molar-refractivity contribution in [1.29, 1.82) is 0 Å². The number of nitrogens with one attached hydrogen (secondary N) is 2. The van der Waals surface area contributed by atoms with Crippen molar-refractivity contribution in [3.63, 3.8) is 0 Å². The van der Waals surface area contributed by atoms with E-state index in [0.29, 0.717) is 11.2 Å². The van der Waals surface area contributed by atoms with Crippen LogP contribution in [0.3, 0.4) is 0 Å². The number of carbonyl (C=O) groups excluding carboxylic acids is 1. The maximum atomic E-state index is 12.5. The van der Waals surface area contributed by atoms with Crippen LogP contribution in [0.2, 0.25) is 0 Å². The summed E-state index contributed by atoms with van der Waals surface area (Å²) in [6.45, 7) is 8.27. The zero-order chi connectivity index (χ0) is 23.1. The molecule has 4 heterocycles. The number of rotatable bonds is 4. The van der Waals surface area contributed by atoms with Crippen LogP contribution in [0.5, 0.6) is 0 Å². The Morgan fingerprint density at radius 1 is 1.12 bits per heavy atom. The van der Waals surface area contributed by atoms with Crippen LogP contribution in [0, 0.1) is 13.8 Å². The molecule has 1 aromatic carbocycles. The third-order valence-corrected chi connectivity index (χ3v) is 6.34. The second-order valence-corrected chi connectivity index (χ2v) is 8.54. The summed E-state index contributed by atoms with van der Waals surface area (Å²) in [7, 11) is 1.61. The highest BCUT2D eigenvalue weighted by molar-refractivity contribution is 5.92. The number of H-pyrrole nitrogens is 1. The maximum absolute atomic E-state index is 12.5. The van der Waals surface area contributed by atoms with E-state index in [4.69, 9.17) is 0 Å². The van der Waals surface area contributed by atoms with Crippen LogP contribution in [0.1, 0.15) is 27.3 Å². The molecule has 170 valence electrons. The predicted octanol–water partition coefficient (Wildman–Crippen LogP) is 1.87. The number of anilines is 1. The van der Waals surface area contributed by atoms with E-state index in [2.05, 4.69) is 36.2 Å². The van der Waals surface area contributed by atoms with Crippen molar-refractivity contribution in [3.8, 4) is 0 Å². The Balaban J connectivity index is 1.29. The summed E-state index contributed by atoms with van der Waals surface area (Å²) in [4.78, 5) is 36.5. The number of hydrogen-bond acceptors (Lipinski definition) is 6. The third-order valence-electron chi connectivity index (χ3n) is 6.34. The Morgan fingerprint density at radius 3 is 2.64 bits per heavy atom. The van der Waals surface area contributed by atoms with Gasteiger partial charge in [-0.25, -0.2) is 9.50 Å². The first-order valence-electron chi connectivity index (χ1n) is 11.1. The normalized spacial score (nSPS) is 14.8. The highest BCUT2D eigenvalue weighted by Gasteiger charge is 2.20. The average molecular weight is 446 g/mol. The van der Waals surface area contributed by atoms with E-state index in [9.17, 15) is 9.59 Å². The number of nitrogens with zero attached hydrogens (tertiary/aromatic N) is 5. The number of aromatic nitrogens is 4. The molecule has 1 saturated heterocycles. The fourth-order valence-corrected chi connectivity index (χ4v) is 4.58. The van der Waals surface area contributed by atoms with Gasteiger partial charge >= 0.3 is 0 Å². The minimum Gasteiger partial charge on any atom is -0.368 e. The number of piperazine rings is 1. The third kappa shape index (κ3) is 3.84. The van der Waals surface area contributed by atoms with Crippen molar-refractivity contribution in [2.24, 2.45) is 0 Å². The molecule has 5 rings (SSSR count).